The highest BCUT2D eigenvalue weighted by Gasteiger charge is 2.05. The third kappa shape index (κ3) is 3.82. The largest absolute Gasteiger partial charge is 0.445 e. The highest BCUT2D eigenvalue weighted by Crippen LogP contribution is 2.00. The summed E-state index contributed by atoms with van der Waals surface area (Å²) in [7, 11) is 0. The highest BCUT2D eigenvalue weighted by atomic mass is 32.1. The van der Waals surface area contributed by atoms with E-state index in [0.717, 1.165) is 5.56 Å². The summed E-state index contributed by atoms with van der Waals surface area (Å²) < 4.78 is 6.67. The van der Waals surface area contributed by atoms with Crippen molar-refractivity contribution in [2.24, 2.45) is 0 Å². The molecule has 0 fully saturated rings. The first-order valence-electron chi connectivity index (χ1n) is 6.03. The van der Waals surface area contributed by atoms with Crippen LogP contribution in [-0.4, -0.2) is 27.5 Å². The molecule has 0 spiro atoms. The molecule has 1 aromatic heterocycles. The van der Waals surface area contributed by atoms with Crippen molar-refractivity contribution in [1.82, 2.24) is 20.2 Å². The van der Waals surface area contributed by atoms with Gasteiger partial charge in [0.15, 0.2) is 5.82 Å². The maximum Gasteiger partial charge on any atom is 0.407 e. The average Bonchev–Trinajstić information content (AvgIpc) is 2.78. The lowest BCUT2D eigenvalue weighted by molar-refractivity contribution is 0.139. The Morgan fingerprint density at radius 1 is 1.45 bits per heavy atom. The number of ether oxygens (including phenoxy) is 1. The Morgan fingerprint density at radius 2 is 2.20 bits per heavy atom. The molecule has 1 heterocycles. The van der Waals surface area contributed by atoms with Gasteiger partial charge in [0.25, 0.3) is 0 Å². The molecule has 1 amide bonds. The van der Waals surface area contributed by atoms with E-state index >= 15 is 0 Å². The Bertz CT molecular complexity index is 622. The van der Waals surface area contributed by atoms with Crippen molar-refractivity contribution in [2.75, 3.05) is 12.4 Å². The van der Waals surface area contributed by atoms with Crippen LogP contribution in [0.25, 0.3) is 0 Å². The van der Waals surface area contributed by atoms with Crippen molar-refractivity contribution in [3.05, 3.63) is 46.5 Å². The fourth-order valence-corrected chi connectivity index (χ4v) is 1.72. The van der Waals surface area contributed by atoms with E-state index in [9.17, 15) is 4.79 Å². The van der Waals surface area contributed by atoms with Crippen LogP contribution in [0.15, 0.2) is 30.3 Å². The first kappa shape index (κ1) is 14.1. The Hall–Kier alpha value is -2.35. The van der Waals surface area contributed by atoms with Crippen molar-refractivity contribution < 1.29 is 9.53 Å². The fourth-order valence-electron chi connectivity index (χ4n) is 1.56. The molecule has 4 N–H and O–H groups in total. The fraction of sp³-hybridized carbons (Fsp3) is 0.250. The third-order valence-electron chi connectivity index (χ3n) is 2.61. The molecule has 0 radical (unpaired) electrons. The SMILES string of the molecule is Nn1c(CCNC(=O)OCc2ccccc2)n[nH]c1=S. The minimum atomic E-state index is -0.480. The van der Waals surface area contributed by atoms with Crippen LogP contribution in [0.3, 0.4) is 0 Å². The molecule has 1 aromatic carbocycles. The summed E-state index contributed by atoms with van der Waals surface area (Å²) in [6.45, 7) is 0.604. The van der Waals surface area contributed by atoms with Gasteiger partial charge in [0.1, 0.15) is 6.61 Å². The number of nitrogens with one attached hydrogen (secondary N) is 2. The molecular weight excluding hydrogens is 278 g/mol. The summed E-state index contributed by atoms with van der Waals surface area (Å²) in [6, 6.07) is 9.46. The van der Waals surface area contributed by atoms with Crippen LogP contribution in [0.4, 0.5) is 4.79 Å². The van der Waals surface area contributed by atoms with Gasteiger partial charge >= 0.3 is 6.09 Å². The molecule has 7 nitrogen and oxygen atoms in total. The van der Waals surface area contributed by atoms with Gasteiger partial charge in [-0.05, 0) is 17.8 Å². The third-order valence-corrected chi connectivity index (χ3v) is 2.90. The maximum absolute atomic E-state index is 11.5. The zero-order valence-corrected chi connectivity index (χ0v) is 11.5. The van der Waals surface area contributed by atoms with E-state index in [-0.39, 0.29) is 6.61 Å². The minimum Gasteiger partial charge on any atom is -0.445 e. The number of aromatic amines is 1. The first-order chi connectivity index (χ1) is 9.66. The minimum absolute atomic E-state index is 0.238. The predicted octanol–water partition coefficient (Wildman–Crippen LogP) is 1.12. The average molecular weight is 293 g/mol. The summed E-state index contributed by atoms with van der Waals surface area (Å²) in [4.78, 5) is 11.5. The number of nitrogen functional groups attached to an aromatic ring is 1. The molecule has 0 saturated carbocycles. The molecular formula is C12H15N5O2S. The normalized spacial score (nSPS) is 10.2. The van der Waals surface area contributed by atoms with Crippen LogP contribution in [0.2, 0.25) is 0 Å². The molecule has 0 atom stereocenters. The molecule has 0 unspecified atom stereocenters. The van der Waals surface area contributed by atoms with E-state index in [0.29, 0.717) is 23.6 Å². The lowest BCUT2D eigenvalue weighted by Crippen LogP contribution is -2.27. The van der Waals surface area contributed by atoms with Gasteiger partial charge in [0.05, 0.1) is 0 Å². The van der Waals surface area contributed by atoms with Crippen LogP contribution in [0.1, 0.15) is 11.4 Å². The molecule has 2 rings (SSSR count). The molecule has 20 heavy (non-hydrogen) atoms. The number of hydrogen-bond acceptors (Lipinski definition) is 5. The molecule has 0 saturated heterocycles. The van der Waals surface area contributed by atoms with Crippen molar-refractivity contribution in [1.29, 1.82) is 0 Å². The van der Waals surface area contributed by atoms with Crippen LogP contribution < -0.4 is 11.2 Å². The Morgan fingerprint density at radius 3 is 2.85 bits per heavy atom. The second kappa shape index (κ2) is 6.71. The Labute approximate surface area is 120 Å². The van der Waals surface area contributed by atoms with Gasteiger partial charge < -0.3 is 15.9 Å². The number of aromatic nitrogens is 3. The van der Waals surface area contributed by atoms with Crippen molar-refractivity contribution >= 4 is 18.3 Å². The summed E-state index contributed by atoms with van der Waals surface area (Å²) in [5.41, 5.74) is 0.936. The van der Waals surface area contributed by atoms with Gasteiger partial charge in [-0.1, -0.05) is 30.3 Å². The molecule has 0 aliphatic rings. The van der Waals surface area contributed by atoms with Gasteiger partial charge in [-0.3, -0.25) is 5.10 Å². The van der Waals surface area contributed by atoms with Crippen LogP contribution >= 0.6 is 12.2 Å². The summed E-state index contributed by atoms with van der Waals surface area (Å²) >= 11 is 4.88. The number of H-pyrrole nitrogens is 1. The number of carbonyl (C=O) groups excluding carboxylic acids is 1. The summed E-state index contributed by atoms with van der Waals surface area (Å²) in [5, 5.41) is 9.12. The monoisotopic (exact) mass is 293 g/mol. The standard InChI is InChI=1S/C12H15N5O2S/c13-17-10(15-16-11(17)20)6-7-14-12(18)19-8-9-4-2-1-3-5-9/h1-5H,6-8,13H2,(H,14,18)(H,16,20). The number of nitrogens with two attached hydrogens (primary N) is 1. The van der Waals surface area contributed by atoms with Gasteiger partial charge in [-0.2, -0.15) is 5.10 Å². The number of nitrogens with zero attached hydrogens (tertiary/aromatic N) is 2. The topological polar surface area (TPSA) is 98.0 Å². The number of amides is 1. The quantitative estimate of drug-likeness (QED) is 0.567. The Balaban J connectivity index is 1.70. The van der Waals surface area contributed by atoms with E-state index in [1.807, 2.05) is 30.3 Å². The maximum atomic E-state index is 11.5. The lowest BCUT2D eigenvalue weighted by Gasteiger charge is -2.06. The predicted molar refractivity (Wildman–Crippen MR) is 75.9 cm³/mol. The van der Waals surface area contributed by atoms with E-state index in [4.69, 9.17) is 22.8 Å². The smallest absolute Gasteiger partial charge is 0.407 e. The number of hydrogen-bond donors (Lipinski definition) is 3. The number of rotatable bonds is 5. The Kier molecular flexibility index (Phi) is 4.72. The van der Waals surface area contributed by atoms with E-state index in [2.05, 4.69) is 15.5 Å². The van der Waals surface area contributed by atoms with Crippen LogP contribution in [0, 0.1) is 4.77 Å². The molecule has 0 aliphatic carbocycles. The van der Waals surface area contributed by atoms with Crippen LogP contribution in [0.5, 0.6) is 0 Å². The molecule has 106 valence electrons. The zero-order chi connectivity index (χ0) is 14.4. The summed E-state index contributed by atoms with van der Waals surface area (Å²) in [5.74, 6) is 6.20. The van der Waals surface area contributed by atoms with E-state index in [1.165, 1.54) is 4.68 Å². The second-order valence-corrected chi connectivity index (χ2v) is 4.44. The molecule has 2 aromatic rings. The van der Waals surface area contributed by atoms with Gasteiger partial charge in [0.2, 0.25) is 4.77 Å². The molecule has 0 bridgehead atoms. The zero-order valence-electron chi connectivity index (χ0n) is 10.7. The van der Waals surface area contributed by atoms with E-state index < -0.39 is 6.09 Å². The second-order valence-electron chi connectivity index (χ2n) is 4.05. The van der Waals surface area contributed by atoms with Crippen molar-refractivity contribution in [3.63, 3.8) is 0 Å². The van der Waals surface area contributed by atoms with Gasteiger partial charge in [0, 0.05) is 13.0 Å². The van der Waals surface area contributed by atoms with Gasteiger partial charge in [-0.25, -0.2) is 9.47 Å². The van der Waals surface area contributed by atoms with Crippen LogP contribution in [-0.2, 0) is 17.8 Å². The first-order valence-corrected chi connectivity index (χ1v) is 6.43. The van der Waals surface area contributed by atoms with Crippen molar-refractivity contribution in [3.8, 4) is 0 Å². The molecule has 8 heteroatoms. The van der Waals surface area contributed by atoms with E-state index in [1.54, 1.807) is 0 Å². The number of benzene rings is 1. The molecule has 0 aliphatic heterocycles. The van der Waals surface area contributed by atoms with Crippen molar-refractivity contribution in [2.45, 2.75) is 13.0 Å². The number of carbonyl (C=O) groups is 1. The highest BCUT2D eigenvalue weighted by molar-refractivity contribution is 7.71. The lowest BCUT2D eigenvalue weighted by atomic mass is 10.2. The number of alkyl carbamates (subject to hydrolysis) is 1. The van der Waals surface area contributed by atoms with Gasteiger partial charge in [-0.15, -0.1) is 0 Å². The summed E-state index contributed by atoms with van der Waals surface area (Å²) in [6.07, 6.45) is -0.0177.